The van der Waals surface area contributed by atoms with E-state index in [0.717, 1.165) is 23.6 Å². The van der Waals surface area contributed by atoms with Crippen LogP contribution in [0, 0.1) is 0 Å². The molecule has 0 aliphatic rings. The van der Waals surface area contributed by atoms with Crippen LogP contribution in [0.1, 0.15) is 43.4 Å². The first-order valence-electron chi connectivity index (χ1n) is 9.86. The van der Waals surface area contributed by atoms with Gasteiger partial charge in [-0.3, -0.25) is 4.99 Å². The Labute approximate surface area is 198 Å². The third-order valence-corrected chi connectivity index (χ3v) is 5.97. The number of hydrogen-bond acceptors (Lipinski definition) is 3. The summed E-state index contributed by atoms with van der Waals surface area (Å²) in [7, 11) is -1.56. The number of hydrogen-bond donors (Lipinski definition) is 3. The monoisotopic (exact) mass is 544 g/mol. The van der Waals surface area contributed by atoms with Gasteiger partial charge in [-0.2, -0.15) is 0 Å². The maximum absolute atomic E-state index is 12.0. The molecule has 0 radical (unpaired) electrons. The fourth-order valence-corrected chi connectivity index (χ4v) is 4.36. The standard InChI is InChI=1S/C22H32N4O2S.HI/c1-17(2)26-29(27,28)16-20-12-10-19(11-13-20)15-25-22(23-4)24-14-18(3)21-8-6-5-7-9-21;/h5-13,17-18,26H,14-16H2,1-4H3,(H2,23,24,25);1H. The van der Waals surface area contributed by atoms with Gasteiger partial charge in [0.1, 0.15) is 0 Å². The fraction of sp³-hybridized carbons (Fsp3) is 0.409. The summed E-state index contributed by atoms with van der Waals surface area (Å²) in [6.45, 7) is 7.19. The van der Waals surface area contributed by atoms with Crippen molar-refractivity contribution >= 4 is 40.0 Å². The second-order valence-electron chi connectivity index (χ2n) is 7.47. The lowest BCUT2D eigenvalue weighted by atomic mass is 10.0. The Morgan fingerprint density at radius 1 is 0.933 bits per heavy atom. The quantitative estimate of drug-likeness (QED) is 0.256. The van der Waals surface area contributed by atoms with Gasteiger partial charge < -0.3 is 10.6 Å². The maximum atomic E-state index is 12.0. The summed E-state index contributed by atoms with van der Waals surface area (Å²) in [5.74, 6) is 1.09. The summed E-state index contributed by atoms with van der Waals surface area (Å²) in [6.07, 6.45) is 0. The molecule has 2 aromatic rings. The molecular formula is C22H33IN4O2S. The predicted octanol–water partition coefficient (Wildman–Crippen LogP) is 3.60. The third-order valence-electron chi connectivity index (χ3n) is 4.42. The number of nitrogens with zero attached hydrogens (tertiary/aromatic N) is 1. The molecule has 0 aliphatic carbocycles. The Bertz CT molecular complexity index is 885. The number of rotatable bonds is 9. The van der Waals surface area contributed by atoms with Gasteiger partial charge in [0.05, 0.1) is 5.75 Å². The van der Waals surface area contributed by atoms with Crippen molar-refractivity contribution in [3.63, 3.8) is 0 Å². The number of sulfonamides is 1. The van der Waals surface area contributed by atoms with E-state index in [1.165, 1.54) is 5.56 Å². The second-order valence-corrected chi connectivity index (χ2v) is 9.22. The van der Waals surface area contributed by atoms with Gasteiger partial charge >= 0.3 is 0 Å². The summed E-state index contributed by atoms with van der Waals surface area (Å²) in [6, 6.07) is 17.8. The molecule has 1 unspecified atom stereocenters. The van der Waals surface area contributed by atoms with E-state index in [1.54, 1.807) is 7.05 Å². The molecule has 0 aromatic heterocycles. The lowest BCUT2D eigenvalue weighted by Crippen LogP contribution is -2.38. The summed E-state index contributed by atoms with van der Waals surface area (Å²) >= 11 is 0. The normalized spacial score (nSPS) is 12.9. The average Bonchev–Trinajstić information content (AvgIpc) is 2.68. The number of nitrogens with one attached hydrogen (secondary N) is 3. The van der Waals surface area contributed by atoms with E-state index in [-0.39, 0.29) is 35.8 Å². The van der Waals surface area contributed by atoms with E-state index >= 15 is 0 Å². The molecule has 6 nitrogen and oxygen atoms in total. The van der Waals surface area contributed by atoms with Crippen LogP contribution >= 0.6 is 24.0 Å². The van der Waals surface area contributed by atoms with Crippen LogP contribution < -0.4 is 15.4 Å². The predicted molar refractivity (Wildman–Crippen MR) is 136 cm³/mol. The van der Waals surface area contributed by atoms with E-state index in [4.69, 9.17) is 0 Å². The second kappa shape index (κ2) is 12.9. The zero-order valence-electron chi connectivity index (χ0n) is 18.1. The largest absolute Gasteiger partial charge is 0.356 e. The molecular weight excluding hydrogens is 511 g/mol. The summed E-state index contributed by atoms with van der Waals surface area (Å²) in [5, 5.41) is 6.64. The zero-order chi connectivity index (χ0) is 21.3. The van der Waals surface area contributed by atoms with E-state index in [2.05, 4.69) is 39.4 Å². The van der Waals surface area contributed by atoms with Gasteiger partial charge in [0, 0.05) is 26.2 Å². The van der Waals surface area contributed by atoms with Crippen LogP contribution in [0.5, 0.6) is 0 Å². The van der Waals surface area contributed by atoms with E-state index in [9.17, 15) is 8.42 Å². The van der Waals surface area contributed by atoms with Crippen LogP contribution in [0.25, 0.3) is 0 Å². The van der Waals surface area contributed by atoms with Gasteiger partial charge in [0.25, 0.3) is 0 Å². The molecule has 1 atom stereocenters. The van der Waals surface area contributed by atoms with E-state index < -0.39 is 10.0 Å². The van der Waals surface area contributed by atoms with Gasteiger partial charge in [-0.1, -0.05) is 61.5 Å². The highest BCUT2D eigenvalue weighted by Crippen LogP contribution is 2.13. The number of aliphatic imine (C=N–C) groups is 1. The molecule has 30 heavy (non-hydrogen) atoms. The van der Waals surface area contributed by atoms with Crippen molar-refractivity contribution in [1.82, 2.24) is 15.4 Å². The summed E-state index contributed by atoms with van der Waals surface area (Å²) < 4.78 is 26.7. The lowest BCUT2D eigenvalue weighted by molar-refractivity contribution is 0.569. The Kier molecular flexibility index (Phi) is 11.4. The van der Waals surface area contributed by atoms with E-state index in [1.807, 2.05) is 56.3 Å². The molecule has 0 heterocycles. The highest BCUT2D eigenvalue weighted by Gasteiger charge is 2.13. The first-order chi connectivity index (χ1) is 13.8. The van der Waals surface area contributed by atoms with Crippen LogP contribution in [0.2, 0.25) is 0 Å². The highest BCUT2D eigenvalue weighted by atomic mass is 127. The fourth-order valence-electron chi connectivity index (χ4n) is 2.93. The van der Waals surface area contributed by atoms with Crippen LogP contribution in [0.15, 0.2) is 59.6 Å². The Hall–Kier alpha value is -1.65. The molecule has 0 aliphatic heterocycles. The minimum Gasteiger partial charge on any atom is -0.356 e. The average molecular weight is 545 g/mol. The van der Waals surface area contributed by atoms with Crippen LogP contribution in [-0.2, 0) is 22.3 Å². The first-order valence-corrected chi connectivity index (χ1v) is 11.5. The van der Waals surface area contributed by atoms with Crippen molar-refractivity contribution in [2.24, 2.45) is 4.99 Å². The van der Waals surface area contributed by atoms with Gasteiger partial charge in [-0.05, 0) is 36.5 Å². The number of halogens is 1. The third kappa shape index (κ3) is 9.44. The Balaban J connectivity index is 0.00000450. The summed E-state index contributed by atoms with van der Waals surface area (Å²) in [5.41, 5.74) is 3.11. The maximum Gasteiger partial charge on any atom is 0.216 e. The smallest absolute Gasteiger partial charge is 0.216 e. The molecule has 0 fully saturated rings. The van der Waals surface area contributed by atoms with Crippen molar-refractivity contribution in [3.05, 3.63) is 71.3 Å². The summed E-state index contributed by atoms with van der Waals surface area (Å²) in [4.78, 5) is 4.27. The molecule has 0 saturated heterocycles. The van der Waals surface area contributed by atoms with Crippen LogP contribution in [0.4, 0.5) is 0 Å². The lowest BCUT2D eigenvalue weighted by Gasteiger charge is -2.16. The van der Waals surface area contributed by atoms with Gasteiger partial charge in [-0.25, -0.2) is 13.1 Å². The minimum absolute atomic E-state index is 0. The molecule has 166 valence electrons. The molecule has 0 amide bonds. The van der Waals surface area contributed by atoms with Crippen LogP contribution in [-0.4, -0.2) is 34.0 Å². The Morgan fingerprint density at radius 2 is 1.53 bits per heavy atom. The zero-order valence-corrected chi connectivity index (χ0v) is 21.2. The first kappa shape index (κ1) is 26.4. The molecule has 0 bridgehead atoms. The molecule has 8 heteroatoms. The van der Waals surface area contributed by atoms with Gasteiger partial charge in [0.15, 0.2) is 5.96 Å². The highest BCUT2D eigenvalue weighted by molar-refractivity contribution is 14.0. The van der Waals surface area contributed by atoms with Gasteiger partial charge in [-0.15, -0.1) is 24.0 Å². The molecule has 2 aromatic carbocycles. The topological polar surface area (TPSA) is 82.6 Å². The van der Waals surface area contributed by atoms with Crippen molar-refractivity contribution in [2.45, 2.75) is 45.0 Å². The number of guanidine groups is 1. The molecule has 0 spiro atoms. The SMILES string of the molecule is CN=C(NCc1ccc(CS(=O)(=O)NC(C)C)cc1)NCC(C)c1ccccc1.I. The van der Waals surface area contributed by atoms with Crippen molar-refractivity contribution < 1.29 is 8.42 Å². The molecule has 3 N–H and O–H groups in total. The van der Waals surface area contributed by atoms with Crippen LogP contribution in [0.3, 0.4) is 0 Å². The van der Waals surface area contributed by atoms with Crippen molar-refractivity contribution in [1.29, 1.82) is 0 Å². The minimum atomic E-state index is -3.31. The molecule has 0 saturated carbocycles. The Morgan fingerprint density at radius 3 is 2.10 bits per heavy atom. The van der Waals surface area contributed by atoms with Gasteiger partial charge in [0.2, 0.25) is 10.0 Å². The number of benzene rings is 2. The molecule has 2 rings (SSSR count). The van der Waals surface area contributed by atoms with Crippen molar-refractivity contribution in [3.8, 4) is 0 Å². The van der Waals surface area contributed by atoms with Crippen molar-refractivity contribution in [2.75, 3.05) is 13.6 Å². The van der Waals surface area contributed by atoms with E-state index in [0.29, 0.717) is 12.5 Å².